The Bertz CT molecular complexity index is 471. The van der Waals surface area contributed by atoms with Gasteiger partial charge in [0.1, 0.15) is 0 Å². The maximum absolute atomic E-state index is 12.4. The fourth-order valence-electron chi connectivity index (χ4n) is 1.74. The minimum absolute atomic E-state index is 0.148. The number of aliphatic hydroxyl groups excluding tert-OH is 1. The van der Waals surface area contributed by atoms with E-state index in [-0.39, 0.29) is 11.5 Å². The van der Waals surface area contributed by atoms with Crippen LogP contribution in [0.25, 0.3) is 0 Å². The minimum atomic E-state index is -3.43. The zero-order valence-electron chi connectivity index (χ0n) is 11.0. The van der Waals surface area contributed by atoms with Crippen LogP contribution in [0.5, 0.6) is 0 Å². The van der Waals surface area contributed by atoms with E-state index in [2.05, 4.69) is 0 Å². The molecule has 1 aromatic rings. The summed E-state index contributed by atoms with van der Waals surface area (Å²) in [7, 11) is -3.43. The second kappa shape index (κ2) is 6.87. The zero-order chi connectivity index (χ0) is 13.6. The van der Waals surface area contributed by atoms with E-state index in [1.807, 2.05) is 13.8 Å². The smallest absolute Gasteiger partial charge is 0.243 e. The van der Waals surface area contributed by atoms with Gasteiger partial charge in [0.2, 0.25) is 10.0 Å². The fourth-order valence-corrected chi connectivity index (χ4v) is 3.29. The summed E-state index contributed by atoms with van der Waals surface area (Å²) in [6.45, 7) is 4.73. The molecular weight excluding hydrogens is 250 g/mol. The SMILES string of the molecule is CCCCN(CC)S(=O)(=O)c1cccc(CO)c1. The highest BCUT2D eigenvalue weighted by molar-refractivity contribution is 7.89. The summed E-state index contributed by atoms with van der Waals surface area (Å²) in [5, 5.41) is 9.06. The quantitative estimate of drug-likeness (QED) is 0.825. The van der Waals surface area contributed by atoms with E-state index in [1.54, 1.807) is 18.2 Å². The molecule has 1 N–H and O–H groups in total. The van der Waals surface area contributed by atoms with Crippen molar-refractivity contribution in [3.63, 3.8) is 0 Å². The lowest BCUT2D eigenvalue weighted by atomic mass is 10.2. The highest BCUT2D eigenvalue weighted by Gasteiger charge is 2.22. The normalized spacial score (nSPS) is 12.0. The van der Waals surface area contributed by atoms with Gasteiger partial charge < -0.3 is 5.11 Å². The van der Waals surface area contributed by atoms with Crippen LogP contribution in [0.15, 0.2) is 29.2 Å². The van der Waals surface area contributed by atoms with Gasteiger partial charge in [-0.25, -0.2) is 8.42 Å². The molecule has 102 valence electrons. The van der Waals surface area contributed by atoms with Crippen molar-refractivity contribution in [3.8, 4) is 0 Å². The molecule has 0 atom stereocenters. The minimum Gasteiger partial charge on any atom is -0.392 e. The van der Waals surface area contributed by atoms with E-state index in [4.69, 9.17) is 5.11 Å². The van der Waals surface area contributed by atoms with E-state index in [0.29, 0.717) is 18.7 Å². The topological polar surface area (TPSA) is 57.6 Å². The summed E-state index contributed by atoms with van der Waals surface area (Å²) in [5.74, 6) is 0. The van der Waals surface area contributed by atoms with Crippen LogP contribution in [0.4, 0.5) is 0 Å². The third-order valence-electron chi connectivity index (χ3n) is 2.83. The van der Waals surface area contributed by atoms with Gasteiger partial charge in [-0.1, -0.05) is 32.4 Å². The first-order valence-electron chi connectivity index (χ1n) is 6.26. The molecule has 1 aromatic carbocycles. The van der Waals surface area contributed by atoms with Crippen molar-refractivity contribution < 1.29 is 13.5 Å². The first-order chi connectivity index (χ1) is 8.56. The number of nitrogens with zero attached hydrogens (tertiary/aromatic N) is 1. The van der Waals surface area contributed by atoms with E-state index < -0.39 is 10.0 Å². The molecular formula is C13H21NO3S. The van der Waals surface area contributed by atoms with E-state index in [0.717, 1.165) is 12.8 Å². The summed E-state index contributed by atoms with van der Waals surface area (Å²) in [4.78, 5) is 0.256. The number of hydrogen-bond donors (Lipinski definition) is 1. The van der Waals surface area contributed by atoms with Crippen LogP contribution in [0, 0.1) is 0 Å². The summed E-state index contributed by atoms with van der Waals surface area (Å²) < 4.78 is 26.2. The number of unbranched alkanes of at least 4 members (excludes halogenated alkanes) is 1. The molecule has 4 nitrogen and oxygen atoms in total. The van der Waals surface area contributed by atoms with Gasteiger partial charge >= 0.3 is 0 Å². The lowest BCUT2D eigenvalue weighted by Crippen LogP contribution is -2.31. The Labute approximate surface area is 109 Å². The predicted octanol–water partition coefficient (Wildman–Crippen LogP) is 1.99. The Morgan fingerprint density at radius 1 is 1.28 bits per heavy atom. The summed E-state index contributed by atoms with van der Waals surface area (Å²) in [6.07, 6.45) is 1.81. The highest BCUT2D eigenvalue weighted by Crippen LogP contribution is 2.17. The van der Waals surface area contributed by atoms with Crippen molar-refractivity contribution >= 4 is 10.0 Å². The maximum Gasteiger partial charge on any atom is 0.243 e. The van der Waals surface area contributed by atoms with Gasteiger partial charge in [0, 0.05) is 13.1 Å². The molecule has 0 heterocycles. The van der Waals surface area contributed by atoms with Gasteiger partial charge in [0.15, 0.2) is 0 Å². The van der Waals surface area contributed by atoms with Gasteiger partial charge in [0.25, 0.3) is 0 Å². The Morgan fingerprint density at radius 2 is 2.00 bits per heavy atom. The number of rotatable bonds is 7. The van der Waals surface area contributed by atoms with Crippen LogP contribution >= 0.6 is 0 Å². The van der Waals surface area contributed by atoms with E-state index >= 15 is 0 Å². The van der Waals surface area contributed by atoms with Gasteiger partial charge in [-0.05, 0) is 24.1 Å². The molecule has 0 saturated heterocycles. The predicted molar refractivity (Wildman–Crippen MR) is 71.7 cm³/mol. The third kappa shape index (κ3) is 3.54. The van der Waals surface area contributed by atoms with Gasteiger partial charge in [0.05, 0.1) is 11.5 Å². The second-order valence-corrected chi connectivity index (χ2v) is 6.09. The molecule has 0 aliphatic carbocycles. The lowest BCUT2D eigenvalue weighted by Gasteiger charge is -2.20. The van der Waals surface area contributed by atoms with Crippen molar-refractivity contribution in [2.24, 2.45) is 0 Å². The van der Waals surface area contributed by atoms with Crippen LogP contribution < -0.4 is 0 Å². The number of benzene rings is 1. The maximum atomic E-state index is 12.4. The van der Waals surface area contributed by atoms with Crippen molar-refractivity contribution in [2.45, 2.75) is 38.2 Å². The number of sulfonamides is 1. The molecule has 0 aromatic heterocycles. The molecule has 0 radical (unpaired) electrons. The van der Waals surface area contributed by atoms with E-state index in [1.165, 1.54) is 10.4 Å². The molecule has 0 amide bonds. The lowest BCUT2D eigenvalue weighted by molar-refractivity contribution is 0.281. The van der Waals surface area contributed by atoms with E-state index in [9.17, 15) is 8.42 Å². The summed E-state index contributed by atoms with van der Waals surface area (Å²) in [5.41, 5.74) is 0.614. The van der Waals surface area contributed by atoms with Crippen molar-refractivity contribution in [3.05, 3.63) is 29.8 Å². The summed E-state index contributed by atoms with van der Waals surface area (Å²) in [6, 6.07) is 6.47. The largest absolute Gasteiger partial charge is 0.392 e. The van der Waals surface area contributed by atoms with Crippen molar-refractivity contribution in [1.82, 2.24) is 4.31 Å². The van der Waals surface area contributed by atoms with Crippen molar-refractivity contribution in [2.75, 3.05) is 13.1 Å². The number of hydrogen-bond acceptors (Lipinski definition) is 3. The molecule has 0 saturated carbocycles. The molecule has 0 spiro atoms. The first kappa shape index (κ1) is 15.1. The standard InChI is InChI=1S/C13H21NO3S/c1-3-5-9-14(4-2)18(16,17)13-8-6-7-12(10-13)11-15/h6-8,10,15H,3-5,9,11H2,1-2H3. The molecule has 1 rings (SSSR count). The molecule has 0 fully saturated rings. The van der Waals surface area contributed by atoms with Crippen LogP contribution in [0.3, 0.4) is 0 Å². The van der Waals surface area contributed by atoms with Crippen LogP contribution in [-0.2, 0) is 16.6 Å². The van der Waals surface area contributed by atoms with Crippen LogP contribution in [-0.4, -0.2) is 30.9 Å². The average Bonchev–Trinajstić information content (AvgIpc) is 2.39. The monoisotopic (exact) mass is 271 g/mol. The Kier molecular flexibility index (Phi) is 5.78. The Morgan fingerprint density at radius 3 is 2.56 bits per heavy atom. The van der Waals surface area contributed by atoms with Gasteiger partial charge in [-0.3, -0.25) is 0 Å². The molecule has 0 aliphatic heterocycles. The Balaban J connectivity index is 3.02. The first-order valence-corrected chi connectivity index (χ1v) is 7.70. The molecule has 18 heavy (non-hydrogen) atoms. The second-order valence-electron chi connectivity index (χ2n) is 4.16. The zero-order valence-corrected chi connectivity index (χ0v) is 11.8. The summed E-state index contributed by atoms with van der Waals surface area (Å²) >= 11 is 0. The third-order valence-corrected chi connectivity index (χ3v) is 4.80. The Hall–Kier alpha value is -0.910. The van der Waals surface area contributed by atoms with Gasteiger partial charge in [-0.15, -0.1) is 0 Å². The fraction of sp³-hybridized carbons (Fsp3) is 0.538. The highest BCUT2D eigenvalue weighted by atomic mass is 32.2. The van der Waals surface area contributed by atoms with Crippen molar-refractivity contribution in [1.29, 1.82) is 0 Å². The average molecular weight is 271 g/mol. The van der Waals surface area contributed by atoms with Crippen LogP contribution in [0.1, 0.15) is 32.3 Å². The molecule has 0 unspecified atom stereocenters. The molecule has 5 heteroatoms. The van der Waals surface area contributed by atoms with Crippen LogP contribution in [0.2, 0.25) is 0 Å². The van der Waals surface area contributed by atoms with Gasteiger partial charge in [-0.2, -0.15) is 4.31 Å². The molecule has 0 aliphatic rings. The number of aliphatic hydroxyl groups is 1. The molecule has 0 bridgehead atoms.